The average Bonchev–Trinajstić information content (AvgIpc) is 2.44. The van der Waals surface area contributed by atoms with Crippen molar-refractivity contribution in [3.63, 3.8) is 0 Å². The van der Waals surface area contributed by atoms with Crippen molar-refractivity contribution >= 4 is 5.97 Å². The highest BCUT2D eigenvalue weighted by Gasteiger charge is 2.34. The number of carboxylic acid groups (broad SMARTS) is 1. The minimum atomic E-state index is -1.25. The van der Waals surface area contributed by atoms with Crippen molar-refractivity contribution in [3.05, 3.63) is 17.7 Å². The summed E-state index contributed by atoms with van der Waals surface area (Å²) in [6, 6.07) is 3.17. The van der Waals surface area contributed by atoms with Crippen LogP contribution in [0.4, 0.5) is 0 Å². The second kappa shape index (κ2) is 7.17. The molecule has 0 aliphatic rings. The van der Waals surface area contributed by atoms with Gasteiger partial charge < -0.3 is 24.4 Å². The Morgan fingerprint density at radius 1 is 1.05 bits per heavy atom. The molecule has 0 bridgehead atoms. The standard InChI is InChI=1S/C15H22O6/c1-8(2)12(15(17)18)14(16)13-10(20-4)6-9(19-3)7-11(13)21-5/h6-8,12,14,16H,1-5H3,(H,17,18). The van der Waals surface area contributed by atoms with Gasteiger partial charge in [0.2, 0.25) is 0 Å². The van der Waals surface area contributed by atoms with Crippen molar-refractivity contribution < 1.29 is 29.2 Å². The fraction of sp³-hybridized carbons (Fsp3) is 0.533. The summed E-state index contributed by atoms with van der Waals surface area (Å²) in [7, 11) is 4.38. The minimum Gasteiger partial charge on any atom is -0.496 e. The Bertz CT molecular complexity index is 472. The summed E-state index contributed by atoms with van der Waals surface area (Å²) in [5, 5.41) is 19.9. The zero-order chi connectivity index (χ0) is 16.2. The molecule has 21 heavy (non-hydrogen) atoms. The van der Waals surface area contributed by atoms with Crippen molar-refractivity contribution in [3.8, 4) is 17.2 Å². The molecule has 6 nitrogen and oxygen atoms in total. The molecule has 118 valence electrons. The first-order valence-corrected chi connectivity index (χ1v) is 6.58. The van der Waals surface area contributed by atoms with Gasteiger partial charge in [-0.1, -0.05) is 13.8 Å². The van der Waals surface area contributed by atoms with Gasteiger partial charge in [0, 0.05) is 12.1 Å². The predicted molar refractivity (Wildman–Crippen MR) is 77.0 cm³/mol. The van der Waals surface area contributed by atoms with Gasteiger partial charge in [0.25, 0.3) is 0 Å². The number of ether oxygens (including phenoxy) is 3. The lowest BCUT2D eigenvalue weighted by Gasteiger charge is -2.26. The van der Waals surface area contributed by atoms with E-state index in [0.717, 1.165) is 0 Å². The van der Waals surface area contributed by atoms with Crippen LogP contribution in [0, 0.1) is 11.8 Å². The topological polar surface area (TPSA) is 85.2 Å². The molecule has 1 aromatic rings. The number of methoxy groups -OCH3 is 3. The van der Waals surface area contributed by atoms with Crippen LogP contribution < -0.4 is 14.2 Å². The van der Waals surface area contributed by atoms with E-state index in [1.54, 1.807) is 26.0 Å². The van der Waals surface area contributed by atoms with Crippen LogP contribution >= 0.6 is 0 Å². The molecule has 0 heterocycles. The summed E-state index contributed by atoms with van der Waals surface area (Å²) in [6.45, 7) is 3.48. The van der Waals surface area contributed by atoms with E-state index < -0.39 is 18.0 Å². The molecule has 0 saturated heterocycles. The van der Waals surface area contributed by atoms with Crippen molar-refractivity contribution in [2.75, 3.05) is 21.3 Å². The molecule has 1 aromatic carbocycles. The van der Waals surface area contributed by atoms with Crippen LogP contribution in [0.15, 0.2) is 12.1 Å². The number of benzene rings is 1. The molecule has 6 heteroatoms. The van der Waals surface area contributed by atoms with Gasteiger partial charge >= 0.3 is 5.97 Å². The molecule has 0 spiro atoms. The number of hydrogen-bond acceptors (Lipinski definition) is 5. The number of aliphatic hydroxyl groups excluding tert-OH is 1. The summed E-state index contributed by atoms with van der Waals surface area (Å²) >= 11 is 0. The van der Waals surface area contributed by atoms with E-state index in [2.05, 4.69) is 0 Å². The third kappa shape index (κ3) is 3.58. The van der Waals surface area contributed by atoms with Gasteiger partial charge in [-0.3, -0.25) is 4.79 Å². The highest BCUT2D eigenvalue weighted by Crippen LogP contribution is 2.42. The van der Waals surface area contributed by atoms with E-state index in [-0.39, 0.29) is 5.92 Å². The van der Waals surface area contributed by atoms with Gasteiger partial charge in [-0.05, 0) is 5.92 Å². The second-order valence-electron chi connectivity index (χ2n) is 5.00. The van der Waals surface area contributed by atoms with Crippen molar-refractivity contribution in [1.82, 2.24) is 0 Å². The zero-order valence-electron chi connectivity index (χ0n) is 12.9. The lowest BCUT2D eigenvalue weighted by molar-refractivity contribution is -0.148. The molecule has 0 saturated carbocycles. The smallest absolute Gasteiger partial charge is 0.309 e. The van der Waals surface area contributed by atoms with Crippen LogP contribution in [-0.4, -0.2) is 37.5 Å². The van der Waals surface area contributed by atoms with Gasteiger partial charge in [-0.25, -0.2) is 0 Å². The molecule has 0 aromatic heterocycles. The van der Waals surface area contributed by atoms with E-state index in [1.165, 1.54) is 21.3 Å². The number of rotatable bonds is 7. The van der Waals surface area contributed by atoms with E-state index in [4.69, 9.17) is 14.2 Å². The number of carbonyl (C=O) groups is 1. The van der Waals surface area contributed by atoms with Crippen molar-refractivity contribution in [2.45, 2.75) is 20.0 Å². The first-order chi connectivity index (χ1) is 9.87. The highest BCUT2D eigenvalue weighted by atomic mass is 16.5. The maximum absolute atomic E-state index is 11.4. The van der Waals surface area contributed by atoms with Gasteiger partial charge in [0.1, 0.15) is 17.2 Å². The fourth-order valence-corrected chi connectivity index (χ4v) is 2.29. The summed E-state index contributed by atoms with van der Waals surface area (Å²) < 4.78 is 15.6. The Morgan fingerprint density at radius 2 is 1.52 bits per heavy atom. The normalized spacial score (nSPS) is 13.7. The SMILES string of the molecule is COc1cc(OC)c(C(O)C(C(=O)O)C(C)C)c(OC)c1. The van der Waals surface area contributed by atoms with Crippen molar-refractivity contribution in [1.29, 1.82) is 0 Å². The van der Waals surface area contributed by atoms with E-state index in [9.17, 15) is 15.0 Å². The molecular weight excluding hydrogens is 276 g/mol. The van der Waals surface area contributed by atoms with Gasteiger partial charge in [-0.15, -0.1) is 0 Å². The molecule has 2 atom stereocenters. The van der Waals surface area contributed by atoms with Crippen LogP contribution in [0.3, 0.4) is 0 Å². The predicted octanol–water partition coefficient (Wildman–Crippen LogP) is 2.10. The minimum absolute atomic E-state index is 0.256. The van der Waals surface area contributed by atoms with Gasteiger partial charge in [0.15, 0.2) is 0 Å². The largest absolute Gasteiger partial charge is 0.496 e. The van der Waals surface area contributed by atoms with Crippen LogP contribution in [-0.2, 0) is 4.79 Å². The molecule has 2 N–H and O–H groups in total. The maximum Gasteiger partial charge on any atom is 0.309 e. The Morgan fingerprint density at radius 3 is 1.81 bits per heavy atom. The van der Waals surface area contributed by atoms with Crippen LogP contribution in [0.2, 0.25) is 0 Å². The van der Waals surface area contributed by atoms with Crippen LogP contribution in [0.25, 0.3) is 0 Å². The third-order valence-electron chi connectivity index (χ3n) is 3.39. The quantitative estimate of drug-likeness (QED) is 0.802. The molecule has 0 fully saturated rings. The zero-order valence-corrected chi connectivity index (χ0v) is 12.9. The molecule has 0 aliphatic heterocycles. The number of carboxylic acids is 1. The fourth-order valence-electron chi connectivity index (χ4n) is 2.29. The van der Waals surface area contributed by atoms with Gasteiger partial charge in [-0.2, -0.15) is 0 Å². The first kappa shape index (κ1) is 17.1. The Kier molecular flexibility index (Phi) is 5.84. The summed E-state index contributed by atoms with van der Waals surface area (Å²) in [6.07, 6.45) is -1.25. The summed E-state index contributed by atoms with van der Waals surface area (Å²) in [5.41, 5.74) is 0.307. The van der Waals surface area contributed by atoms with Crippen LogP contribution in [0.5, 0.6) is 17.2 Å². The summed E-state index contributed by atoms with van der Waals surface area (Å²) in [5.74, 6) is -1.15. The van der Waals surface area contributed by atoms with E-state index >= 15 is 0 Å². The monoisotopic (exact) mass is 298 g/mol. The molecule has 2 unspecified atom stereocenters. The summed E-state index contributed by atoms with van der Waals surface area (Å²) in [4.78, 5) is 11.4. The Hall–Kier alpha value is -1.95. The van der Waals surface area contributed by atoms with Crippen LogP contribution in [0.1, 0.15) is 25.5 Å². The molecular formula is C15H22O6. The molecule has 0 amide bonds. The number of aliphatic hydroxyl groups is 1. The molecule has 0 aliphatic carbocycles. The first-order valence-electron chi connectivity index (χ1n) is 6.58. The van der Waals surface area contributed by atoms with Gasteiger partial charge in [0.05, 0.1) is 38.9 Å². The number of hydrogen-bond donors (Lipinski definition) is 2. The average molecular weight is 298 g/mol. The third-order valence-corrected chi connectivity index (χ3v) is 3.39. The van der Waals surface area contributed by atoms with Crippen molar-refractivity contribution in [2.24, 2.45) is 11.8 Å². The lowest BCUT2D eigenvalue weighted by atomic mass is 9.86. The Labute approximate surface area is 124 Å². The maximum atomic E-state index is 11.4. The number of aliphatic carboxylic acids is 1. The molecule has 1 rings (SSSR count). The Balaban J connectivity index is 3.42. The van der Waals surface area contributed by atoms with E-state index in [0.29, 0.717) is 22.8 Å². The molecule has 0 radical (unpaired) electrons. The lowest BCUT2D eigenvalue weighted by Crippen LogP contribution is -2.27. The highest BCUT2D eigenvalue weighted by molar-refractivity contribution is 5.72. The second-order valence-corrected chi connectivity index (χ2v) is 5.00. The van der Waals surface area contributed by atoms with E-state index in [1.807, 2.05) is 0 Å².